The van der Waals surface area contributed by atoms with E-state index in [1.165, 1.54) is 12.1 Å². The van der Waals surface area contributed by atoms with Gasteiger partial charge in [0.25, 0.3) is 0 Å². The van der Waals surface area contributed by atoms with Crippen LogP contribution in [0.4, 0.5) is 4.39 Å². The molecule has 2 heterocycles. The van der Waals surface area contributed by atoms with E-state index < -0.39 is 5.56 Å². The van der Waals surface area contributed by atoms with E-state index in [0.29, 0.717) is 37.1 Å². The topological polar surface area (TPSA) is 58.4 Å². The molecular formula is C23H24FN3O2. The van der Waals surface area contributed by atoms with Crippen LogP contribution < -0.4 is 5.56 Å². The summed E-state index contributed by atoms with van der Waals surface area (Å²) >= 11 is 0. The van der Waals surface area contributed by atoms with Crippen molar-refractivity contribution < 1.29 is 9.50 Å². The average molecular weight is 393 g/mol. The van der Waals surface area contributed by atoms with Gasteiger partial charge < -0.3 is 9.67 Å². The Morgan fingerprint density at radius 2 is 1.83 bits per heavy atom. The second-order valence-corrected chi connectivity index (χ2v) is 7.69. The average Bonchev–Trinajstić information content (AvgIpc) is 2.72. The van der Waals surface area contributed by atoms with E-state index in [0.717, 1.165) is 23.2 Å². The first-order valence-corrected chi connectivity index (χ1v) is 9.83. The second kappa shape index (κ2) is 7.79. The van der Waals surface area contributed by atoms with Crippen LogP contribution in [0.2, 0.25) is 0 Å². The Labute approximate surface area is 169 Å². The van der Waals surface area contributed by atoms with E-state index in [-0.39, 0.29) is 11.6 Å². The van der Waals surface area contributed by atoms with Gasteiger partial charge in [-0.15, -0.1) is 0 Å². The molecule has 0 saturated heterocycles. The fourth-order valence-corrected chi connectivity index (χ4v) is 3.89. The van der Waals surface area contributed by atoms with E-state index in [2.05, 4.69) is 23.7 Å². The minimum Gasteiger partial charge on any atom is -0.502 e. The van der Waals surface area contributed by atoms with E-state index >= 15 is 0 Å². The molecule has 0 atom stereocenters. The number of hydrogen-bond acceptors (Lipinski definition) is 4. The third-order valence-electron chi connectivity index (χ3n) is 5.56. The van der Waals surface area contributed by atoms with Crippen molar-refractivity contribution in [2.24, 2.45) is 0 Å². The minimum atomic E-state index is -0.587. The molecule has 150 valence electrons. The van der Waals surface area contributed by atoms with Crippen LogP contribution in [0.1, 0.15) is 30.9 Å². The van der Waals surface area contributed by atoms with Crippen molar-refractivity contribution in [1.29, 1.82) is 0 Å². The molecule has 0 spiro atoms. The summed E-state index contributed by atoms with van der Waals surface area (Å²) < 4.78 is 15.3. The first kappa shape index (κ1) is 19.3. The van der Waals surface area contributed by atoms with Crippen LogP contribution in [0.3, 0.4) is 0 Å². The molecule has 2 aromatic carbocycles. The number of hydrogen-bond donors (Lipinski definition) is 1. The lowest BCUT2D eigenvalue weighted by Gasteiger charge is -2.34. The molecule has 1 N–H and O–H groups in total. The number of aromatic hydroxyl groups is 1. The highest BCUT2D eigenvalue weighted by molar-refractivity contribution is 5.67. The molecule has 0 unspecified atom stereocenters. The predicted octanol–water partition coefficient (Wildman–Crippen LogP) is 3.57. The molecule has 0 amide bonds. The summed E-state index contributed by atoms with van der Waals surface area (Å²) in [4.78, 5) is 18.7. The Balaban J connectivity index is 1.75. The molecule has 0 fully saturated rings. The molecule has 5 nitrogen and oxygen atoms in total. The summed E-state index contributed by atoms with van der Waals surface area (Å²) in [6.07, 6.45) is 0.456. The zero-order valence-corrected chi connectivity index (χ0v) is 16.6. The highest BCUT2D eigenvalue weighted by atomic mass is 19.1. The largest absolute Gasteiger partial charge is 0.502 e. The zero-order chi connectivity index (χ0) is 20.5. The highest BCUT2D eigenvalue weighted by Gasteiger charge is 2.25. The summed E-state index contributed by atoms with van der Waals surface area (Å²) in [6.45, 7) is 6.23. The van der Waals surface area contributed by atoms with Crippen molar-refractivity contribution in [1.82, 2.24) is 14.5 Å². The quantitative estimate of drug-likeness (QED) is 0.736. The number of halogens is 1. The summed E-state index contributed by atoms with van der Waals surface area (Å²) in [5.74, 6) is 0.105. The molecule has 0 radical (unpaired) electrons. The maximum absolute atomic E-state index is 13.3. The molecule has 6 heteroatoms. The van der Waals surface area contributed by atoms with Gasteiger partial charge in [0, 0.05) is 32.1 Å². The van der Waals surface area contributed by atoms with Gasteiger partial charge in [-0.05, 0) is 42.7 Å². The number of aromatic nitrogens is 2. The molecule has 0 bridgehead atoms. The van der Waals surface area contributed by atoms with Crippen molar-refractivity contribution in [3.05, 3.63) is 81.8 Å². The lowest BCUT2D eigenvalue weighted by atomic mass is 9.97. The highest BCUT2D eigenvalue weighted by Crippen LogP contribution is 2.27. The van der Waals surface area contributed by atoms with E-state index in [1.54, 1.807) is 12.1 Å². The van der Waals surface area contributed by atoms with E-state index in [4.69, 9.17) is 0 Å². The van der Waals surface area contributed by atoms with Crippen LogP contribution in [0, 0.1) is 5.82 Å². The van der Waals surface area contributed by atoms with Gasteiger partial charge in [0.2, 0.25) is 5.75 Å². The number of fused-ring (bicyclic) bond motifs is 1. The first-order chi connectivity index (χ1) is 13.9. The molecule has 0 saturated carbocycles. The van der Waals surface area contributed by atoms with Gasteiger partial charge in [-0.25, -0.2) is 4.39 Å². The summed E-state index contributed by atoms with van der Waals surface area (Å²) in [5.41, 5.74) is 2.92. The van der Waals surface area contributed by atoms with Crippen molar-refractivity contribution in [2.45, 2.75) is 39.4 Å². The maximum atomic E-state index is 13.3. The maximum Gasteiger partial charge on any atom is 0.315 e. The van der Waals surface area contributed by atoms with Crippen LogP contribution in [0.25, 0.3) is 11.1 Å². The normalized spacial score (nSPS) is 14.2. The lowest BCUT2D eigenvalue weighted by molar-refractivity contribution is 0.168. The molecule has 1 aliphatic heterocycles. The zero-order valence-electron chi connectivity index (χ0n) is 16.6. The molecule has 1 aromatic heterocycles. The van der Waals surface area contributed by atoms with Crippen molar-refractivity contribution in [3.63, 3.8) is 0 Å². The van der Waals surface area contributed by atoms with Gasteiger partial charge >= 0.3 is 5.56 Å². The Morgan fingerprint density at radius 3 is 2.55 bits per heavy atom. The Hall–Kier alpha value is -2.99. The van der Waals surface area contributed by atoms with Crippen LogP contribution >= 0.6 is 0 Å². The lowest BCUT2D eigenvalue weighted by Crippen LogP contribution is -2.41. The third kappa shape index (κ3) is 3.80. The van der Waals surface area contributed by atoms with Crippen molar-refractivity contribution >= 4 is 0 Å². The van der Waals surface area contributed by atoms with Crippen LogP contribution in [0.5, 0.6) is 5.75 Å². The molecule has 29 heavy (non-hydrogen) atoms. The van der Waals surface area contributed by atoms with E-state index in [1.807, 2.05) is 28.8 Å². The summed E-state index contributed by atoms with van der Waals surface area (Å²) in [5, 5.41) is 10.3. The first-order valence-electron chi connectivity index (χ1n) is 9.83. The Bertz CT molecular complexity index is 1090. The summed E-state index contributed by atoms with van der Waals surface area (Å²) in [6, 6.07) is 14.6. The van der Waals surface area contributed by atoms with Crippen molar-refractivity contribution in [3.8, 4) is 16.9 Å². The Kier molecular flexibility index (Phi) is 5.20. The predicted molar refractivity (Wildman–Crippen MR) is 110 cm³/mol. The van der Waals surface area contributed by atoms with Gasteiger partial charge in [0.15, 0.2) is 0 Å². The van der Waals surface area contributed by atoms with E-state index in [9.17, 15) is 14.3 Å². The molecule has 3 aromatic rings. The molecule has 1 aliphatic rings. The van der Waals surface area contributed by atoms with Crippen LogP contribution in [-0.2, 0) is 19.5 Å². The SMILES string of the molecule is CC(C)N1CCn2c(Cc3ccccc3-c3ccc(F)cc3)nc(=O)c(O)c2C1. The smallest absolute Gasteiger partial charge is 0.315 e. The van der Waals surface area contributed by atoms with Gasteiger partial charge in [0.1, 0.15) is 11.6 Å². The fourth-order valence-electron chi connectivity index (χ4n) is 3.89. The summed E-state index contributed by atoms with van der Waals surface area (Å²) in [7, 11) is 0. The van der Waals surface area contributed by atoms with Gasteiger partial charge in [-0.2, -0.15) is 4.98 Å². The minimum absolute atomic E-state index is 0.258. The monoisotopic (exact) mass is 393 g/mol. The van der Waals surface area contributed by atoms with Crippen molar-refractivity contribution in [2.75, 3.05) is 6.54 Å². The van der Waals surface area contributed by atoms with Gasteiger partial charge in [-0.3, -0.25) is 9.69 Å². The fraction of sp³-hybridized carbons (Fsp3) is 0.304. The number of nitrogens with zero attached hydrogens (tertiary/aromatic N) is 3. The number of rotatable bonds is 4. The standard InChI is InChI=1S/C23H24FN3O2/c1-15(2)26-11-12-27-20(14-26)22(28)23(29)25-21(27)13-17-5-3-4-6-19(17)16-7-9-18(24)10-8-16/h3-10,15,28H,11-14H2,1-2H3. The molecule has 4 rings (SSSR count). The number of benzene rings is 2. The second-order valence-electron chi connectivity index (χ2n) is 7.69. The molecular weight excluding hydrogens is 369 g/mol. The third-order valence-corrected chi connectivity index (χ3v) is 5.56. The van der Waals surface area contributed by atoms with Gasteiger partial charge in [0.05, 0.1) is 5.69 Å². The van der Waals surface area contributed by atoms with Crippen LogP contribution in [0.15, 0.2) is 53.3 Å². The Morgan fingerprint density at radius 1 is 1.10 bits per heavy atom. The van der Waals surface area contributed by atoms with Gasteiger partial charge in [-0.1, -0.05) is 36.4 Å². The van der Waals surface area contributed by atoms with Crippen LogP contribution in [-0.4, -0.2) is 32.1 Å². The molecule has 0 aliphatic carbocycles.